The molecule has 0 aromatic rings. The number of sulfone groups is 1. The maximum absolute atomic E-state index is 11.6. The van der Waals surface area contributed by atoms with Crippen LogP contribution in [0.3, 0.4) is 0 Å². The molecule has 94 valence electrons. The van der Waals surface area contributed by atoms with Gasteiger partial charge < -0.3 is 10.6 Å². The highest BCUT2D eigenvalue weighted by atomic mass is 32.2. The van der Waals surface area contributed by atoms with Gasteiger partial charge in [-0.15, -0.1) is 0 Å². The SMILES string of the molecule is CCN(CC)C(N)=NCC1CCCS1(=O)=O. The van der Waals surface area contributed by atoms with E-state index in [0.29, 0.717) is 18.3 Å². The van der Waals surface area contributed by atoms with E-state index >= 15 is 0 Å². The van der Waals surface area contributed by atoms with Crippen LogP contribution in [-0.4, -0.2) is 49.9 Å². The fourth-order valence-electron chi connectivity index (χ4n) is 1.91. The molecule has 6 heteroatoms. The predicted octanol–water partition coefficient (Wildman–Crippen LogP) is 0.220. The fraction of sp³-hybridized carbons (Fsp3) is 0.900. The van der Waals surface area contributed by atoms with Crippen molar-refractivity contribution in [3.05, 3.63) is 0 Å². The lowest BCUT2D eigenvalue weighted by Crippen LogP contribution is -2.37. The van der Waals surface area contributed by atoms with Crippen molar-refractivity contribution in [2.45, 2.75) is 31.9 Å². The molecule has 0 spiro atoms. The van der Waals surface area contributed by atoms with Gasteiger partial charge in [0.2, 0.25) is 0 Å². The minimum Gasteiger partial charge on any atom is -0.370 e. The standard InChI is InChI=1S/C10H21N3O2S/c1-3-13(4-2)10(11)12-8-9-6-5-7-16(9,14)15/h9H,3-8H2,1-2H3,(H2,11,12). The van der Waals surface area contributed by atoms with Gasteiger partial charge >= 0.3 is 0 Å². The first-order chi connectivity index (χ1) is 7.51. The average Bonchev–Trinajstić information content (AvgIpc) is 2.56. The van der Waals surface area contributed by atoms with Crippen LogP contribution in [-0.2, 0) is 9.84 Å². The second-order valence-corrected chi connectivity index (χ2v) is 6.40. The molecule has 0 aromatic carbocycles. The normalized spacial score (nSPS) is 24.6. The van der Waals surface area contributed by atoms with Crippen LogP contribution in [0.5, 0.6) is 0 Å². The molecule has 0 saturated carbocycles. The van der Waals surface area contributed by atoms with Crippen molar-refractivity contribution < 1.29 is 8.42 Å². The Balaban J connectivity index is 2.59. The average molecular weight is 247 g/mol. The summed E-state index contributed by atoms with van der Waals surface area (Å²) in [5.74, 6) is 0.755. The molecule has 2 N–H and O–H groups in total. The predicted molar refractivity (Wildman–Crippen MR) is 66.2 cm³/mol. The van der Waals surface area contributed by atoms with Gasteiger partial charge in [0.15, 0.2) is 15.8 Å². The Morgan fingerprint density at radius 1 is 1.44 bits per heavy atom. The van der Waals surface area contributed by atoms with Crippen LogP contribution in [0.15, 0.2) is 4.99 Å². The van der Waals surface area contributed by atoms with Gasteiger partial charge in [-0.2, -0.15) is 0 Å². The number of hydrogen-bond donors (Lipinski definition) is 1. The highest BCUT2D eigenvalue weighted by Crippen LogP contribution is 2.19. The van der Waals surface area contributed by atoms with Gasteiger partial charge in [-0.1, -0.05) is 0 Å². The van der Waals surface area contributed by atoms with Gasteiger partial charge in [-0.25, -0.2) is 8.42 Å². The lowest BCUT2D eigenvalue weighted by Gasteiger charge is -2.19. The lowest BCUT2D eigenvalue weighted by molar-refractivity contribution is 0.458. The van der Waals surface area contributed by atoms with E-state index in [2.05, 4.69) is 4.99 Å². The van der Waals surface area contributed by atoms with Crippen molar-refractivity contribution in [2.24, 2.45) is 10.7 Å². The van der Waals surface area contributed by atoms with E-state index in [0.717, 1.165) is 25.9 Å². The van der Waals surface area contributed by atoms with Crippen molar-refractivity contribution in [1.82, 2.24) is 4.90 Å². The van der Waals surface area contributed by atoms with Crippen LogP contribution in [0.4, 0.5) is 0 Å². The summed E-state index contributed by atoms with van der Waals surface area (Å²) in [6.45, 7) is 5.90. The minimum atomic E-state index is -2.90. The quantitative estimate of drug-likeness (QED) is 0.569. The molecule has 16 heavy (non-hydrogen) atoms. The zero-order valence-electron chi connectivity index (χ0n) is 10.0. The lowest BCUT2D eigenvalue weighted by atomic mass is 10.2. The van der Waals surface area contributed by atoms with Crippen LogP contribution in [0.1, 0.15) is 26.7 Å². The smallest absolute Gasteiger partial charge is 0.191 e. The number of hydrogen-bond acceptors (Lipinski definition) is 3. The van der Waals surface area contributed by atoms with E-state index in [9.17, 15) is 8.42 Å². The molecule has 0 aliphatic carbocycles. The Morgan fingerprint density at radius 3 is 2.50 bits per heavy atom. The summed E-state index contributed by atoms with van der Waals surface area (Å²) in [5.41, 5.74) is 5.79. The first-order valence-electron chi connectivity index (χ1n) is 5.77. The highest BCUT2D eigenvalue weighted by Gasteiger charge is 2.30. The monoisotopic (exact) mass is 247 g/mol. The second-order valence-electron chi connectivity index (χ2n) is 4.00. The Kier molecular flexibility index (Phi) is 4.58. The first kappa shape index (κ1) is 13.3. The molecule has 0 bridgehead atoms. The largest absolute Gasteiger partial charge is 0.370 e. The molecule has 1 atom stereocenters. The van der Waals surface area contributed by atoms with Gasteiger partial charge in [-0.05, 0) is 26.7 Å². The van der Waals surface area contributed by atoms with Gasteiger partial charge in [0.1, 0.15) is 0 Å². The summed E-state index contributed by atoms with van der Waals surface area (Å²) < 4.78 is 23.1. The zero-order chi connectivity index (χ0) is 12.2. The van der Waals surface area contributed by atoms with E-state index in [1.807, 2.05) is 18.7 Å². The van der Waals surface area contributed by atoms with Gasteiger partial charge in [0, 0.05) is 13.1 Å². The molecule has 1 fully saturated rings. The summed E-state index contributed by atoms with van der Waals surface area (Å²) in [6, 6.07) is 0. The Labute approximate surface area is 97.6 Å². The molecule has 1 heterocycles. The van der Waals surface area contributed by atoms with Gasteiger partial charge in [0.05, 0.1) is 17.5 Å². The third-order valence-electron chi connectivity index (χ3n) is 3.01. The summed E-state index contributed by atoms with van der Waals surface area (Å²) in [4.78, 5) is 6.10. The van der Waals surface area contributed by atoms with Crippen molar-refractivity contribution in [1.29, 1.82) is 0 Å². The molecule has 0 amide bonds. The molecule has 0 aromatic heterocycles. The fourth-order valence-corrected chi connectivity index (χ4v) is 3.64. The van der Waals surface area contributed by atoms with Gasteiger partial charge in [0.25, 0.3) is 0 Å². The maximum atomic E-state index is 11.6. The van der Waals surface area contributed by atoms with Crippen LogP contribution < -0.4 is 5.73 Å². The summed E-state index contributed by atoms with van der Waals surface area (Å²) in [7, 11) is -2.90. The summed E-state index contributed by atoms with van der Waals surface area (Å²) in [5, 5.41) is -0.318. The van der Waals surface area contributed by atoms with E-state index in [1.165, 1.54) is 0 Å². The first-order valence-corrected chi connectivity index (χ1v) is 7.49. The third kappa shape index (κ3) is 3.10. The topological polar surface area (TPSA) is 75.8 Å². The van der Waals surface area contributed by atoms with Crippen LogP contribution in [0.25, 0.3) is 0 Å². The summed E-state index contributed by atoms with van der Waals surface area (Å²) >= 11 is 0. The van der Waals surface area contributed by atoms with E-state index in [1.54, 1.807) is 0 Å². The third-order valence-corrected chi connectivity index (χ3v) is 5.27. The van der Waals surface area contributed by atoms with E-state index in [-0.39, 0.29) is 5.25 Å². The van der Waals surface area contributed by atoms with Crippen LogP contribution in [0.2, 0.25) is 0 Å². The Bertz CT molecular complexity index is 347. The van der Waals surface area contributed by atoms with E-state index in [4.69, 9.17) is 5.73 Å². The number of nitrogens with two attached hydrogens (primary N) is 1. The molecule has 1 aliphatic heterocycles. The zero-order valence-corrected chi connectivity index (χ0v) is 10.8. The molecule has 1 rings (SSSR count). The van der Waals surface area contributed by atoms with Crippen molar-refractivity contribution in [3.63, 3.8) is 0 Å². The molecule has 5 nitrogen and oxygen atoms in total. The number of guanidine groups is 1. The van der Waals surface area contributed by atoms with Crippen LogP contribution >= 0.6 is 0 Å². The van der Waals surface area contributed by atoms with Crippen molar-refractivity contribution in [2.75, 3.05) is 25.4 Å². The Morgan fingerprint density at radius 2 is 2.06 bits per heavy atom. The molecular formula is C10H21N3O2S. The number of aliphatic imine (C=N–C) groups is 1. The van der Waals surface area contributed by atoms with Crippen LogP contribution in [0, 0.1) is 0 Å². The number of nitrogens with zero attached hydrogens (tertiary/aromatic N) is 2. The second kappa shape index (κ2) is 5.52. The number of rotatable bonds is 4. The maximum Gasteiger partial charge on any atom is 0.191 e. The molecule has 1 saturated heterocycles. The van der Waals surface area contributed by atoms with Crippen molar-refractivity contribution in [3.8, 4) is 0 Å². The van der Waals surface area contributed by atoms with Gasteiger partial charge in [-0.3, -0.25) is 4.99 Å². The van der Waals surface area contributed by atoms with E-state index < -0.39 is 9.84 Å². The molecule has 1 aliphatic rings. The molecular weight excluding hydrogens is 226 g/mol. The van der Waals surface area contributed by atoms with Crippen molar-refractivity contribution >= 4 is 15.8 Å². The Hall–Kier alpha value is -0.780. The molecule has 1 unspecified atom stereocenters. The minimum absolute atomic E-state index is 0.304. The summed E-state index contributed by atoms with van der Waals surface area (Å²) in [6.07, 6.45) is 1.48. The highest BCUT2D eigenvalue weighted by molar-refractivity contribution is 7.92. The molecule has 0 radical (unpaired) electrons.